The molecule has 2 atom stereocenters. The minimum Gasteiger partial charge on any atom is -0.396 e. The average Bonchev–Trinajstić information content (AvgIpc) is 2.21. The maximum atomic E-state index is 13.4. The van der Waals surface area contributed by atoms with Gasteiger partial charge in [-0.1, -0.05) is 0 Å². The summed E-state index contributed by atoms with van der Waals surface area (Å²) in [6.45, 7) is 1.64. The SMILES string of the molecule is CC(CS(C)=O)NC(=O)c1cc(N)c(F)cc1F. The average molecular weight is 276 g/mol. The van der Waals surface area contributed by atoms with Crippen molar-refractivity contribution in [2.45, 2.75) is 13.0 Å². The van der Waals surface area contributed by atoms with Gasteiger partial charge >= 0.3 is 0 Å². The number of benzene rings is 1. The van der Waals surface area contributed by atoms with Crippen molar-refractivity contribution in [2.75, 3.05) is 17.7 Å². The first-order valence-corrected chi connectivity index (χ1v) is 6.89. The topological polar surface area (TPSA) is 72.2 Å². The van der Waals surface area contributed by atoms with Crippen molar-refractivity contribution in [1.29, 1.82) is 0 Å². The molecule has 1 amide bonds. The van der Waals surface area contributed by atoms with E-state index in [-0.39, 0.29) is 23.0 Å². The lowest BCUT2D eigenvalue weighted by Gasteiger charge is -2.13. The van der Waals surface area contributed by atoms with Gasteiger partial charge in [-0.2, -0.15) is 0 Å². The van der Waals surface area contributed by atoms with Gasteiger partial charge in [-0.3, -0.25) is 9.00 Å². The molecule has 100 valence electrons. The number of carbonyl (C=O) groups is 1. The Kier molecular flexibility index (Phi) is 4.77. The van der Waals surface area contributed by atoms with Crippen LogP contribution in [0.5, 0.6) is 0 Å². The molecule has 0 aliphatic heterocycles. The molecule has 0 fully saturated rings. The summed E-state index contributed by atoms with van der Waals surface area (Å²) >= 11 is 0. The molecule has 0 aliphatic carbocycles. The smallest absolute Gasteiger partial charge is 0.254 e. The van der Waals surface area contributed by atoms with Crippen LogP contribution in [0.25, 0.3) is 0 Å². The Morgan fingerprint density at radius 2 is 2.06 bits per heavy atom. The van der Waals surface area contributed by atoms with Crippen LogP contribution < -0.4 is 11.1 Å². The summed E-state index contributed by atoms with van der Waals surface area (Å²) in [4.78, 5) is 11.7. The van der Waals surface area contributed by atoms with Crippen molar-refractivity contribution in [2.24, 2.45) is 0 Å². The Bertz CT molecular complexity index is 494. The summed E-state index contributed by atoms with van der Waals surface area (Å²) in [5, 5.41) is 2.47. The van der Waals surface area contributed by atoms with Gasteiger partial charge in [0.2, 0.25) is 0 Å². The van der Waals surface area contributed by atoms with E-state index in [0.29, 0.717) is 6.07 Å². The maximum Gasteiger partial charge on any atom is 0.254 e. The maximum absolute atomic E-state index is 13.4. The van der Waals surface area contributed by atoms with Crippen molar-refractivity contribution < 1.29 is 17.8 Å². The number of anilines is 1. The number of hydrogen-bond donors (Lipinski definition) is 2. The first kappa shape index (κ1) is 14.6. The minimum atomic E-state index is -1.08. The van der Waals surface area contributed by atoms with E-state index in [1.165, 1.54) is 6.26 Å². The molecule has 18 heavy (non-hydrogen) atoms. The van der Waals surface area contributed by atoms with E-state index in [1.54, 1.807) is 6.92 Å². The van der Waals surface area contributed by atoms with Gasteiger partial charge < -0.3 is 11.1 Å². The Morgan fingerprint density at radius 3 is 2.61 bits per heavy atom. The molecule has 0 radical (unpaired) electrons. The van der Waals surface area contributed by atoms with Crippen LogP contribution in [-0.2, 0) is 10.8 Å². The molecule has 2 unspecified atom stereocenters. The van der Waals surface area contributed by atoms with Gasteiger partial charge in [-0.25, -0.2) is 8.78 Å². The number of rotatable bonds is 4. The Balaban J connectivity index is 2.85. The Morgan fingerprint density at radius 1 is 1.44 bits per heavy atom. The molecule has 0 saturated carbocycles. The number of hydrogen-bond acceptors (Lipinski definition) is 3. The lowest BCUT2D eigenvalue weighted by Crippen LogP contribution is -2.36. The number of carbonyl (C=O) groups excluding carboxylic acids is 1. The van der Waals surface area contributed by atoms with Gasteiger partial charge in [0.15, 0.2) is 0 Å². The van der Waals surface area contributed by atoms with E-state index in [9.17, 15) is 17.8 Å². The molecule has 1 aromatic rings. The van der Waals surface area contributed by atoms with Gasteiger partial charge in [-0.05, 0) is 13.0 Å². The molecule has 1 aromatic carbocycles. The highest BCUT2D eigenvalue weighted by molar-refractivity contribution is 7.84. The van der Waals surface area contributed by atoms with Crippen LogP contribution >= 0.6 is 0 Å². The monoisotopic (exact) mass is 276 g/mol. The lowest BCUT2D eigenvalue weighted by molar-refractivity contribution is 0.0939. The quantitative estimate of drug-likeness (QED) is 0.807. The summed E-state index contributed by atoms with van der Waals surface area (Å²) in [7, 11) is -1.08. The fourth-order valence-electron chi connectivity index (χ4n) is 1.44. The number of nitrogen functional groups attached to an aromatic ring is 1. The molecule has 3 N–H and O–H groups in total. The van der Waals surface area contributed by atoms with E-state index in [0.717, 1.165) is 6.07 Å². The highest BCUT2D eigenvalue weighted by Gasteiger charge is 2.17. The molecule has 0 aromatic heterocycles. The van der Waals surface area contributed by atoms with E-state index in [4.69, 9.17) is 5.73 Å². The van der Waals surface area contributed by atoms with Crippen molar-refractivity contribution in [1.82, 2.24) is 5.32 Å². The predicted molar refractivity (Wildman–Crippen MR) is 66.6 cm³/mol. The van der Waals surface area contributed by atoms with Gasteiger partial charge in [0.1, 0.15) is 11.6 Å². The zero-order chi connectivity index (χ0) is 13.9. The standard InChI is InChI=1S/C11H14F2N2O2S/c1-6(5-18(2)17)15-11(16)7-3-10(14)9(13)4-8(7)12/h3-4,6H,5,14H2,1-2H3,(H,15,16). The Hall–Kier alpha value is -1.50. The van der Waals surface area contributed by atoms with Crippen molar-refractivity contribution in [3.63, 3.8) is 0 Å². The number of halogens is 2. The molecule has 4 nitrogen and oxygen atoms in total. The second-order valence-electron chi connectivity index (χ2n) is 3.97. The van der Waals surface area contributed by atoms with Gasteiger partial charge in [0.05, 0.1) is 11.3 Å². The first-order valence-electron chi connectivity index (χ1n) is 5.16. The molecular weight excluding hydrogens is 262 g/mol. The van der Waals surface area contributed by atoms with Crippen LogP contribution in [0.3, 0.4) is 0 Å². The van der Waals surface area contributed by atoms with E-state index < -0.39 is 28.3 Å². The summed E-state index contributed by atoms with van der Waals surface area (Å²) in [6, 6.07) is 1.12. The third kappa shape index (κ3) is 3.76. The molecule has 0 spiro atoms. The summed E-state index contributed by atoms with van der Waals surface area (Å²) < 4.78 is 37.3. The van der Waals surface area contributed by atoms with Gasteiger partial charge in [0, 0.05) is 34.9 Å². The van der Waals surface area contributed by atoms with Crippen LogP contribution in [0.2, 0.25) is 0 Å². The second kappa shape index (κ2) is 5.90. The zero-order valence-corrected chi connectivity index (χ0v) is 10.8. The van der Waals surface area contributed by atoms with Crippen molar-refractivity contribution >= 4 is 22.4 Å². The van der Waals surface area contributed by atoms with E-state index >= 15 is 0 Å². The molecule has 0 aliphatic rings. The van der Waals surface area contributed by atoms with E-state index in [1.807, 2.05) is 0 Å². The molecule has 0 heterocycles. The molecule has 1 rings (SSSR count). The predicted octanol–water partition coefficient (Wildman–Crippen LogP) is 1.04. The number of amides is 1. The van der Waals surface area contributed by atoms with Crippen LogP contribution in [0.1, 0.15) is 17.3 Å². The van der Waals surface area contributed by atoms with Crippen LogP contribution in [0.4, 0.5) is 14.5 Å². The number of nitrogens with two attached hydrogens (primary N) is 1. The fourth-order valence-corrected chi connectivity index (χ4v) is 2.22. The molecule has 0 bridgehead atoms. The third-order valence-corrected chi connectivity index (χ3v) is 3.16. The minimum absolute atomic E-state index is 0.254. The van der Waals surface area contributed by atoms with Gasteiger partial charge in [-0.15, -0.1) is 0 Å². The van der Waals surface area contributed by atoms with Crippen LogP contribution in [0, 0.1) is 11.6 Å². The van der Waals surface area contributed by atoms with Crippen LogP contribution in [-0.4, -0.2) is 28.2 Å². The van der Waals surface area contributed by atoms with E-state index in [2.05, 4.69) is 5.32 Å². The highest BCUT2D eigenvalue weighted by Crippen LogP contribution is 2.16. The zero-order valence-electron chi connectivity index (χ0n) is 10.00. The van der Waals surface area contributed by atoms with Crippen molar-refractivity contribution in [3.8, 4) is 0 Å². The first-order chi connectivity index (χ1) is 8.31. The molecular formula is C11H14F2N2O2S. The third-order valence-electron chi connectivity index (χ3n) is 2.19. The number of nitrogens with one attached hydrogen (secondary N) is 1. The second-order valence-corrected chi connectivity index (χ2v) is 5.45. The lowest BCUT2D eigenvalue weighted by atomic mass is 10.1. The largest absolute Gasteiger partial charge is 0.396 e. The van der Waals surface area contributed by atoms with Crippen LogP contribution in [0.15, 0.2) is 12.1 Å². The normalized spacial score (nSPS) is 14.0. The fraction of sp³-hybridized carbons (Fsp3) is 0.364. The highest BCUT2D eigenvalue weighted by atomic mass is 32.2. The molecule has 0 saturated heterocycles. The summed E-state index contributed by atoms with van der Waals surface area (Å²) in [6.07, 6.45) is 1.50. The molecule has 7 heteroatoms. The summed E-state index contributed by atoms with van der Waals surface area (Å²) in [5.41, 5.74) is 4.64. The Labute approximate surface area is 106 Å². The summed E-state index contributed by atoms with van der Waals surface area (Å²) in [5.74, 6) is -2.35. The van der Waals surface area contributed by atoms with Gasteiger partial charge in [0.25, 0.3) is 5.91 Å². The van der Waals surface area contributed by atoms with Crippen molar-refractivity contribution in [3.05, 3.63) is 29.3 Å².